The van der Waals surface area contributed by atoms with Crippen molar-refractivity contribution < 1.29 is 9.53 Å². The van der Waals surface area contributed by atoms with Crippen LogP contribution in [0.15, 0.2) is 85.2 Å². The molecule has 0 aliphatic rings. The minimum absolute atomic E-state index is 0.148. The van der Waals surface area contributed by atoms with Gasteiger partial charge in [-0.15, -0.1) is 0 Å². The van der Waals surface area contributed by atoms with Crippen LogP contribution in [0.4, 0.5) is 0 Å². The second kappa shape index (κ2) is 9.88. The lowest BCUT2D eigenvalue weighted by Crippen LogP contribution is -2.25. The fraction of sp³-hybridized carbons (Fsp3) is 0.148. The van der Waals surface area contributed by atoms with Crippen LogP contribution in [0.1, 0.15) is 27.2 Å². The standard InChI is InChI=1S/C27H25N3O2/c1-19-6-10-22(11-7-19)23-15-24(17-25(16-23)32-26-5-3-4-13-28-26)27(31)29-14-12-21-9-8-20(2)30-18-21/h3-11,13,15-18H,12,14H2,1-2H3,(H,29,31). The summed E-state index contributed by atoms with van der Waals surface area (Å²) in [7, 11) is 0. The zero-order valence-electron chi connectivity index (χ0n) is 18.2. The van der Waals surface area contributed by atoms with E-state index in [2.05, 4.69) is 27.4 Å². The lowest BCUT2D eigenvalue weighted by molar-refractivity contribution is 0.0954. The molecule has 2 heterocycles. The molecule has 2 aromatic heterocycles. The first-order valence-electron chi connectivity index (χ1n) is 10.6. The van der Waals surface area contributed by atoms with Crippen LogP contribution >= 0.6 is 0 Å². The van der Waals surface area contributed by atoms with Gasteiger partial charge in [-0.25, -0.2) is 4.98 Å². The number of hydrogen-bond donors (Lipinski definition) is 1. The molecule has 0 unspecified atom stereocenters. The third kappa shape index (κ3) is 5.58. The number of hydrogen-bond acceptors (Lipinski definition) is 4. The Balaban J connectivity index is 1.55. The highest BCUT2D eigenvalue weighted by atomic mass is 16.5. The molecule has 0 bridgehead atoms. The third-order valence-corrected chi connectivity index (χ3v) is 5.09. The smallest absolute Gasteiger partial charge is 0.251 e. The lowest BCUT2D eigenvalue weighted by atomic mass is 10.0. The minimum Gasteiger partial charge on any atom is -0.439 e. The van der Waals surface area contributed by atoms with E-state index < -0.39 is 0 Å². The van der Waals surface area contributed by atoms with Gasteiger partial charge in [0.2, 0.25) is 5.88 Å². The van der Waals surface area contributed by atoms with Gasteiger partial charge in [0.25, 0.3) is 5.91 Å². The number of pyridine rings is 2. The highest BCUT2D eigenvalue weighted by Gasteiger charge is 2.12. The molecule has 0 radical (unpaired) electrons. The second-order valence-electron chi connectivity index (χ2n) is 7.70. The van der Waals surface area contributed by atoms with Gasteiger partial charge in [0.15, 0.2) is 0 Å². The Morgan fingerprint density at radius 3 is 2.47 bits per heavy atom. The Morgan fingerprint density at radius 2 is 1.75 bits per heavy atom. The first kappa shape index (κ1) is 21.2. The maximum Gasteiger partial charge on any atom is 0.251 e. The van der Waals surface area contributed by atoms with E-state index in [-0.39, 0.29) is 5.91 Å². The molecule has 160 valence electrons. The molecular weight excluding hydrogens is 398 g/mol. The number of nitrogens with zero attached hydrogens (tertiary/aromatic N) is 2. The SMILES string of the molecule is Cc1ccc(-c2cc(Oc3ccccn3)cc(C(=O)NCCc3ccc(C)nc3)c2)cc1. The Hall–Kier alpha value is -3.99. The summed E-state index contributed by atoms with van der Waals surface area (Å²) in [6.07, 6.45) is 4.24. The van der Waals surface area contributed by atoms with Crippen molar-refractivity contribution in [2.45, 2.75) is 20.3 Å². The molecule has 0 saturated carbocycles. The highest BCUT2D eigenvalue weighted by molar-refractivity contribution is 5.96. The second-order valence-corrected chi connectivity index (χ2v) is 7.70. The van der Waals surface area contributed by atoms with Crippen LogP contribution in [-0.4, -0.2) is 22.4 Å². The Morgan fingerprint density at radius 1 is 0.906 bits per heavy atom. The molecular formula is C27H25N3O2. The quantitative estimate of drug-likeness (QED) is 0.425. The van der Waals surface area contributed by atoms with Gasteiger partial charge >= 0.3 is 0 Å². The number of ether oxygens (including phenoxy) is 1. The summed E-state index contributed by atoms with van der Waals surface area (Å²) in [6, 6.07) is 23.2. The summed E-state index contributed by atoms with van der Waals surface area (Å²) in [5, 5.41) is 3.00. The molecule has 2 aromatic carbocycles. The first-order valence-corrected chi connectivity index (χ1v) is 10.6. The van der Waals surface area contributed by atoms with Crippen LogP contribution < -0.4 is 10.1 Å². The van der Waals surface area contributed by atoms with Crippen LogP contribution in [0.5, 0.6) is 11.6 Å². The molecule has 0 aliphatic heterocycles. The molecule has 0 fully saturated rings. The molecule has 1 amide bonds. The van der Waals surface area contributed by atoms with Crippen LogP contribution in [0, 0.1) is 13.8 Å². The summed E-state index contributed by atoms with van der Waals surface area (Å²) in [6.45, 7) is 4.53. The number of aromatic nitrogens is 2. The Bertz CT molecular complexity index is 1190. The summed E-state index contributed by atoms with van der Waals surface area (Å²) in [5.74, 6) is 0.895. The fourth-order valence-electron chi connectivity index (χ4n) is 3.30. The molecule has 0 aliphatic carbocycles. The number of carbonyl (C=O) groups excluding carboxylic acids is 1. The van der Waals surface area contributed by atoms with Gasteiger partial charge < -0.3 is 10.1 Å². The number of benzene rings is 2. The highest BCUT2D eigenvalue weighted by Crippen LogP contribution is 2.29. The van der Waals surface area contributed by atoms with E-state index in [1.165, 1.54) is 5.56 Å². The molecule has 5 nitrogen and oxygen atoms in total. The van der Waals surface area contributed by atoms with Crippen molar-refractivity contribution >= 4 is 5.91 Å². The molecule has 4 aromatic rings. The molecule has 0 atom stereocenters. The zero-order valence-corrected chi connectivity index (χ0v) is 18.2. The van der Waals surface area contributed by atoms with Crippen LogP contribution in [-0.2, 0) is 6.42 Å². The molecule has 4 rings (SSSR count). The van der Waals surface area contributed by atoms with Crippen molar-refractivity contribution in [3.63, 3.8) is 0 Å². The van der Waals surface area contributed by atoms with Crippen LogP contribution in [0.3, 0.4) is 0 Å². The topological polar surface area (TPSA) is 64.1 Å². The molecule has 1 N–H and O–H groups in total. The number of amides is 1. The minimum atomic E-state index is -0.148. The van der Waals surface area contributed by atoms with Crippen molar-refractivity contribution in [3.8, 4) is 22.8 Å². The summed E-state index contributed by atoms with van der Waals surface area (Å²) >= 11 is 0. The van der Waals surface area contributed by atoms with Crippen molar-refractivity contribution in [3.05, 3.63) is 108 Å². The number of rotatable bonds is 7. The summed E-state index contributed by atoms with van der Waals surface area (Å²) in [4.78, 5) is 21.5. The van der Waals surface area contributed by atoms with E-state index in [9.17, 15) is 4.79 Å². The third-order valence-electron chi connectivity index (χ3n) is 5.09. The Labute approximate surface area is 188 Å². The van der Waals surface area contributed by atoms with Gasteiger partial charge in [-0.3, -0.25) is 9.78 Å². The number of carbonyl (C=O) groups is 1. The molecule has 0 saturated heterocycles. The molecule has 32 heavy (non-hydrogen) atoms. The maximum absolute atomic E-state index is 12.9. The first-order chi connectivity index (χ1) is 15.6. The largest absolute Gasteiger partial charge is 0.439 e. The normalized spacial score (nSPS) is 10.6. The molecule has 5 heteroatoms. The van der Waals surface area contributed by atoms with Crippen molar-refractivity contribution in [2.75, 3.05) is 6.54 Å². The summed E-state index contributed by atoms with van der Waals surface area (Å²) in [5.41, 5.74) is 5.71. The average molecular weight is 424 g/mol. The van der Waals surface area contributed by atoms with Crippen LogP contribution in [0.2, 0.25) is 0 Å². The van der Waals surface area contributed by atoms with E-state index in [0.29, 0.717) is 30.2 Å². The predicted octanol–water partition coefficient (Wildman–Crippen LogP) is 5.53. The number of aryl methyl sites for hydroxylation is 2. The van der Waals surface area contributed by atoms with Gasteiger partial charge in [0.1, 0.15) is 5.75 Å². The van der Waals surface area contributed by atoms with Gasteiger partial charge in [0.05, 0.1) is 0 Å². The van der Waals surface area contributed by atoms with E-state index in [4.69, 9.17) is 4.74 Å². The fourth-order valence-corrected chi connectivity index (χ4v) is 3.30. The molecule has 0 spiro atoms. The summed E-state index contributed by atoms with van der Waals surface area (Å²) < 4.78 is 5.94. The van der Waals surface area contributed by atoms with Gasteiger partial charge in [-0.1, -0.05) is 42.0 Å². The monoisotopic (exact) mass is 423 g/mol. The van der Waals surface area contributed by atoms with E-state index in [1.54, 1.807) is 18.3 Å². The predicted molar refractivity (Wildman–Crippen MR) is 126 cm³/mol. The lowest BCUT2D eigenvalue weighted by Gasteiger charge is -2.12. The zero-order chi connectivity index (χ0) is 22.3. The van der Waals surface area contributed by atoms with Crippen LogP contribution in [0.25, 0.3) is 11.1 Å². The van der Waals surface area contributed by atoms with Gasteiger partial charge in [-0.2, -0.15) is 0 Å². The van der Waals surface area contributed by atoms with Crippen molar-refractivity contribution in [1.82, 2.24) is 15.3 Å². The number of nitrogens with one attached hydrogen (secondary N) is 1. The van der Waals surface area contributed by atoms with Crippen molar-refractivity contribution in [2.24, 2.45) is 0 Å². The van der Waals surface area contributed by atoms with E-state index in [0.717, 1.165) is 22.4 Å². The van der Waals surface area contributed by atoms with E-state index in [1.807, 2.05) is 68.6 Å². The van der Waals surface area contributed by atoms with E-state index >= 15 is 0 Å². The average Bonchev–Trinajstić information content (AvgIpc) is 2.81. The van der Waals surface area contributed by atoms with Gasteiger partial charge in [0, 0.05) is 36.3 Å². The van der Waals surface area contributed by atoms with Gasteiger partial charge in [-0.05, 0) is 67.3 Å². The Kier molecular flexibility index (Phi) is 6.56. The maximum atomic E-state index is 12.9. The van der Waals surface area contributed by atoms with Crippen molar-refractivity contribution in [1.29, 1.82) is 0 Å².